The Hall–Kier alpha value is -1.99. The van der Waals surface area contributed by atoms with Gasteiger partial charge in [-0.05, 0) is 49.8 Å². The Balaban J connectivity index is 1.60. The van der Waals surface area contributed by atoms with Gasteiger partial charge in [0.1, 0.15) is 16.5 Å². The molecular weight excluding hydrogens is 367 g/mol. The van der Waals surface area contributed by atoms with E-state index >= 15 is 0 Å². The summed E-state index contributed by atoms with van der Waals surface area (Å²) in [7, 11) is 0. The number of thioether (sulfide) groups is 1. The summed E-state index contributed by atoms with van der Waals surface area (Å²) < 4.78 is 15.9. The lowest BCUT2D eigenvalue weighted by molar-refractivity contribution is 0.617. The third-order valence-electron chi connectivity index (χ3n) is 4.91. The molecule has 0 atom stereocenters. The highest BCUT2D eigenvalue weighted by Gasteiger charge is 2.22. The zero-order chi connectivity index (χ0) is 17.7. The van der Waals surface area contributed by atoms with Crippen molar-refractivity contribution in [3.63, 3.8) is 0 Å². The molecule has 4 aromatic rings. The van der Waals surface area contributed by atoms with Crippen LogP contribution in [0.3, 0.4) is 0 Å². The summed E-state index contributed by atoms with van der Waals surface area (Å²) in [6.07, 6.45) is 4.72. The highest BCUT2D eigenvalue weighted by Crippen LogP contribution is 2.38. The van der Waals surface area contributed by atoms with E-state index in [4.69, 9.17) is 4.98 Å². The largest absolute Gasteiger partial charge is 0.257 e. The number of halogens is 1. The molecule has 7 heteroatoms. The molecule has 3 aromatic heterocycles. The summed E-state index contributed by atoms with van der Waals surface area (Å²) in [5.41, 5.74) is 2.98. The Morgan fingerprint density at radius 1 is 1.19 bits per heavy atom. The van der Waals surface area contributed by atoms with Crippen LogP contribution in [-0.2, 0) is 18.6 Å². The van der Waals surface area contributed by atoms with Crippen LogP contribution in [0.15, 0.2) is 29.4 Å². The topological polar surface area (TPSA) is 43.1 Å². The molecule has 5 rings (SSSR count). The van der Waals surface area contributed by atoms with Crippen LogP contribution in [0, 0.1) is 12.7 Å². The van der Waals surface area contributed by atoms with E-state index in [1.54, 1.807) is 17.4 Å². The standard InChI is InChI=1S/C19H17FN4S2/c1-11-21-18-16(13-7-3-5-9-15(13)26-18)17-22-23-19(24(11)17)25-10-12-6-2-4-8-14(12)20/h2,4,6,8H,3,5,7,9-10H2,1H3. The van der Waals surface area contributed by atoms with Gasteiger partial charge in [-0.1, -0.05) is 30.0 Å². The maximum Gasteiger partial charge on any atom is 0.197 e. The SMILES string of the molecule is Cc1nc2sc3c(c2c2nnc(SCc4ccccc4F)n12)CCCC3. The first kappa shape index (κ1) is 16.2. The number of fused-ring (bicyclic) bond motifs is 5. The summed E-state index contributed by atoms with van der Waals surface area (Å²) in [4.78, 5) is 7.35. The molecule has 0 spiro atoms. The Labute approximate surface area is 158 Å². The highest BCUT2D eigenvalue weighted by molar-refractivity contribution is 7.98. The molecule has 4 nitrogen and oxygen atoms in total. The minimum Gasteiger partial charge on any atom is -0.257 e. The molecule has 0 amide bonds. The summed E-state index contributed by atoms with van der Waals surface area (Å²) in [6.45, 7) is 1.99. The van der Waals surface area contributed by atoms with E-state index in [1.165, 1.54) is 46.5 Å². The number of aryl methyl sites for hydroxylation is 3. The van der Waals surface area contributed by atoms with Crippen molar-refractivity contribution in [1.29, 1.82) is 0 Å². The predicted molar refractivity (Wildman–Crippen MR) is 104 cm³/mol. The number of hydrogen-bond donors (Lipinski definition) is 0. The van der Waals surface area contributed by atoms with E-state index in [0.29, 0.717) is 11.3 Å². The number of hydrogen-bond acceptors (Lipinski definition) is 5. The number of nitrogens with zero attached hydrogens (tertiary/aromatic N) is 4. The second kappa shape index (κ2) is 6.32. The summed E-state index contributed by atoms with van der Waals surface area (Å²) >= 11 is 3.30. The lowest BCUT2D eigenvalue weighted by atomic mass is 9.97. The maximum atomic E-state index is 13.9. The van der Waals surface area contributed by atoms with E-state index < -0.39 is 0 Å². The molecule has 0 aliphatic heterocycles. The van der Waals surface area contributed by atoms with E-state index in [2.05, 4.69) is 10.2 Å². The van der Waals surface area contributed by atoms with Gasteiger partial charge >= 0.3 is 0 Å². The van der Waals surface area contributed by atoms with Gasteiger partial charge in [0.2, 0.25) is 0 Å². The molecule has 26 heavy (non-hydrogen) atoms. The second-order valence-electron chi connectivity index (χ2n) is 6.57. The molecular formula is C19H17FN4S2. The van der Waals surface area contributed by atoms with Crippen LogP contribution < -0.4 is 0 Å². The molecule has 0 unspecified atom stereocenters. The van der Waals surface area contributed by atoms with Crippen molar-refractivity contribution in [3.8, 4) is 0 Å². The monoisotopic (exact) mass is 384 g/mol. The van der Waals surface area contributed by atoms with Crippen molar-refractivity contribution in [2.24, 2.45) is 0 Å². The van der Waals surface area contributed by atoms with Crippen molar-refractivity contribution in [2.45, 2.75) is 43.5 Å². The predicted octanol–water partition coefficient (Wildman–Crippen LogP) is 4.96. The summed E-state index contributed by atoms with van der Waals surface area (Å²) in [5, 5.41) is 10.8. The fraction of sp³-hybridized carbons (Fsp3) is 0.316. The normalized spacial score (nSPS) is 14.2. The lowest BCUT2D eigenvalue weighted by Crippen LogP contribution is -2.01. The lowest BCUT2D eigenvalue weighted by Gasteiger charge is -2.10. The molecule has 0 radical (unpaired) electrons. The Morgan fingerprint density at radius 2 is 2.04 bits per heavy atom. The van der Waals surface area contributed by atoms with Crippen LogP contribution in [0.1, 0.15) is 34.7 Å². The van der Waals surface area contributed by atoms with Crippen molar-refractivity contribution >= 4 is 39.0 Å². The van der Waals surface area contributed by atoms with E-state index in [0.717, 1.165) is 34.3 Å². The number of aromatic nitrogens is 4. The minimum absolute atomic E-state index is 0.182. The van der Waals surface area contributed by atoms with Gasteiger partial charge < -0.3 is 0 Å². The average Bonchev–Trinajstić information content (AvgIpc) is 3.22. The van der Waals surface area contributed by atoms with Crippen LogP contribution >= 0.6 is 23.1 Å². The fourth-order valence-corrected chi connectivity index (χ4v) is 5.90. The van der Waals surface area contributed by atoms with Crippen LogP contribution in [0.25, 0.3) is 15.9 Å². The zero-order valence-corrected chi connectivity index (χ0v) is 16.0. The summed E-state index contributed by atoms with van der Waals surface area (Å²) in [6, 6.07) is 6.87. The first-order chi connectivity index (χ1) is 12.7. The van der Waals surface area contributed by atoms with Gasteiger partial charge in [-0.25, -0.2) is 9.37 Å². The maximum absolute atomic E-state index is 13.9. The quantitative estimate of drug-likeness (QED) is 0.468. The molecule has 132 valence electrons. The Morgan fingerprint density at radius 3 is 2.92 bits per heavy atom. The summed E-state index contributed by atoms with van der Waals surface area (Å²) in [5.74, 6) is 1.22. The molecule has 3 heterocycles. The number of rotatable bonds is 3. The molecule has 1 aromatic carbocycles. The molecule has 0 saturated heterocycles. The Bertz CT molecular complexity index is 1130. The fourth-order valence-electron chi connectivity index (χ4n) is 3.63. The first-order valence-electron chi connectivity index (χ1n) is 8.74. The first-order valence-corrected chi connectivity index (χ1v) is 10.5. The van der Waals surface area contributed by atoms with Gasteiger partial charge in [-0.15, -0.1) is 21.5 Å². The highest BCUT2D eigenvalue weighted by atomic mass is 32.2. The van der Waals surface area contributed by atoms with Gasteiger partial charge in [0.15, 0.2) is 10.8 Å². The third kappa shape index (κ3) is 2.53. The van der Waals surface area contributed by atoms with Gasteiger partial charge in [0.05, 0.1) is 5.39 Å². The smallest absolute Gasteiger partial charge is 0.197 e. The van der Waals surface area contributed by atoms with Gasteiger partial charge in [0, 0.05) is 10.6 Å². The van der Waals surface area contributed by atoms with Crippen molar-refractivity contribution in [1.82, 2.24) is 19.6 Å². The molecule has 1 aliphatic carbocycles. The van der Waals surface area contributed by atoms with E-state index in [9.17, 15) is 4.39 Å². The van der Waals surface area contributed by atoms with Crippen LogP contribution in [-0.4, -0.2) is 19.6 Å². The van der Waals surface area contributed by atoms with Gasteiger partial charge in [0.25, 0.3) is 0 Å². The third-order valence-corrected chi connectivity index (χ3v) is 7.07. The molecule has 0 fully saturated rings. The molecule has 0 saturated carbocycles. The van der Waals surface area contributed by atoms with Crippen LogP contribution in [0.5, 0.6) is 0 Å². The van der Waals surface area contributed by atoms with E-state index in [1.807, 2.05) is 23.5 Å². The molecule has 1 aliphatic rings. The van der Waals surface area contributed by atoms with Gasteiger partial charge in [-0.3, -0.25) is 4.40 Å². The average molecular weight is 385 g/mol. The second-order valence-corrected chi connectivity index (χ2v) is 8.60. The number of benzene rings is 1. The molecule has 0 N–H and O–H groups in total. The van der Waals surface area contributed by atoms with E-state index in [-0.39, 0.29) is 5.82 Å². The van der Waals surface area contributed by atoms with Crippen molar-refractivity contribution in [3.05, 3.63) is 51.9 Å². The van der Waals surface area contributed by atoms with Crippen LogP contribution in [0.2, 0.25) is 0 Å². The molecule has 0 bridgehead atoms. The van der Waals surface area contributed by atoms with Gasteiger partial charge in [-0.2, -0.15) is 0 Å². The Kier molecular flexibility index (Phi) is 3.94. The van der Waals surface area contributed by atoms with Crippen LogP contribution in [0.4, 0.5) is 4.39 Å². The van der Waals surface area contributed by atoms with Crippen molar-refractivity contribution in [2.75, 3.05) is 0 Å². The number of thiophene rings is 1. The van der Waals surface area contributed by atoms with Crippen molar-refractivity contribution < 1.29 is 4.39 Å². The zero-order valence-electron chi connectivity index (χ0n) is 14.3. The minimum atomic E-state index is -0.182.